The van der Waals surface area contributed by atoms with Gasteiger partial charge in [0.25, 0.3) is 0 Å². The van der Waals surface area contributed by atoms with Crippen molar-refractivity contribution in [3.05, 3.63) is 58.1 Å². The standard InChI is InChI=1S/C26H32O4/c1-7-30-23-19(13-10-17-8-11-18(12-9-17)24(27)28)21(29-6)16-20-22(23)26(4,5)15-14-25(20,2)3/h8-13,16H,7,14-15H2,1-6H3,(H,27,28)/b13-10+. The van der Waals surface area contributed by atoms with Crippen molar-refractivity contribution in [2.45, 2.75) is 58.3 Å². The van der Waals surface area contributed by atoms with E-state index in [1.54, 1.807) is 31.4 Å². The minimum absolute atomic E-state index is 0.00730. The molecule has 2 aromatic rings. The number of rotatable bonds is 6. The lowest BCUT2D eigenvalue weighted by Crippen LogP contribution is -2.34. The Morgan fingerprint density at radius 1 is 1.07 bits per heavy atom. The zero-order valence-corrected chi connectivity index (χ0v) is 18.8. The van der Waals surface area contributed by atoms with E-state index in [1.165, 1.54) is 11.1 Å². The van der Waals surface area contributed by atoms with Gasteiger partial charge in [-0.15, -0.1) is 0 Å². The molecule has 0 saturated carbocycles. The number of carbonyl (C=O) groups is 1. The predicted molar refractivity (Wildman–Crippen MR) is 122 cm³/mol. The molecule has 30 heavy (non-hydrogen) atoms. The Morgan fingerprint density at radius 2 is 1.70 bits per heavy atom. The lowest BCUT2D eigenvalue weighted by molar-refractivity contribution is 0.0697. The highest BCUT2D eigenvalue weighted by molar-refractivity contribution is 5.88. The average molecular weight is 409 g/mol. The lowest BCUT2D eigenvalue weighted by Gasteiger charge is -2.43. The third-order valence-electron chi connectivity index (χ3n) is 6.17. The fourth-order valence-electron chi connectivity index (χ4n) is 4.28. The molecule has 0 aliphatic heterocycles. The SMILES string of the molecule is CCOc1c(/C=C/c2ccc(C(=O)O)cc2)c(OC)cc2c1C(C)(C)CCC2(C)C. The quantitative estimate of drug-likeness (QED) is 0.569. The molecule has 0 spiro atoms. The van der Waals surface area contributed by atoms with Crippen molar-refractivity contribution in [2.75, 3.05) is 13.7 Å². The van der Waals surface area contributed by atoms with Gasteiger partial charge in [0.2, 0.25) is 0 Å². The molecule has 2 aromatic carbocycles. The minimum Gasteiger partial charge on any atom is -0.496 e. The van der Waals surface area contributed by atoms with Crippen LogP contribution in [0.15, 0.2) is 30.3 Å². The summed E-state index contributed by atoms with van der Waals surface area (Å²) >= 11 is 0. The molecule has 0 heterocycles. The van der Waals surface area contributed by atoms with Gasteiger partial charge in [-0.25, -0.2) is 4.79 Å². The number of ether oxygens (including phenoxy) is 2. The van der Waals surface area contributed by atoms with Gasteiger partial charge in [0.15, 0.2) is 0 Å². The number of fused-ring (bicyclic) bond motifs is 1. The summed E-state index contributed by atoms with van der Waals surface area (Å²) in [5.41, 5.74) is 4.74. The largest absolute Gasteiger partial charge is 0.496 e. The van der Waals surface area contributed by atoms with Gasteiger partial charge in [0.05, 0.1) is 24.8 Å². The molecule has 0 atom stereocenters. The van der Waals surface area contributed by atoms with Crippen LogP contribution in [-0.2, 0) is 10.8 Å². The maximum Gasteiger partial charge on any atom is 0.335 e. The van der Waals surface area contributed by atoms with Gasteiger partial charge in [-0.2, -0.15) is 0 Å². The van der Waals surface area contributed by atoms with Crippen LogP contribution in [0.25, 0.3) is 12.2 Å². The summed E-state index contributed by atoms with van der Waals surface area (Å²) < 4.78 is 12.0. The number of methoxy groups -OCH3 is 1. The molecule has 0 saturated heterocycles. The van der Waals surface area contributed by atoms with E-state index in [-0.39, 0.29) is 16.4 Å². The van der Waals surface area contributed by atoms with E-state index in [1.807, 2.05) is 19.1 Å². The minimum atomic E-state index is -0.926. The van der Waals surface area contributed by atoms with Gasteiger partial charge in [0.1, 0.15) is 11.5 Å². The number of hydrogen-bond acceptors (Lipinski definition) is 3. The second-order valence-corrected chi connectivity index (χ2v) is 9.21. The van der Waals surface area contributed by atoms with Gasteiger partial charge in [-0.3, -0.25) is 0 Å². The summed E-state index contributed by atoms with van der Waals surface area (Å²) in [5.74, 6) is 0.759. The average Bonchev–Trinajstić information content (AvgIpc) is 2.70. The lowest BCUT2D eigenvalue weighted by atomic mass is 9.62. The molecule has 4 heteroatoms. The van der Waals surface area contributed by atoms with E-state index in [0.29, 0.717) is 6.61 Å². The van der Waals surface area contributed by atoms with Crippen molar-refractivity contribution in [2.24, 2.45) is 0 Å². The Hall–Kier alpha value is -2.75. The Kier molecular flexibility index (Phi) is 5.98. The summed E-state index contributed by atoms with van der Waals surface area (Å²) in [7, 11) is 1.69. The van der Waals surface area contributed by atoms with E-state index in [0.717, 1.165) is 35.5 Å². The van der Waals surface area contributed by atoms with Crippen LogP contribution in [0.3, 0.4) is 0 Å². The van der Waals surface area contributed by atoms with Crippen LogP contribution in [0.2, 0.25) is 0 Å². The first kappa shape index (κ1) is 21.9. The van der Waals surface area contributed by atoms with Crippen LogP contribution >= 0.6 is 0 Å². The van der Waals surface area contributed by atoms with Gasteiger partial charge < -0.3 is 14.6 Å². The molecule has 0 radical (unpaired) electrons. The molecule has 160 valence electrons. The van der Waals surface area contributed by atoms with Crippen LogP contribution in [0.4, 0.5) is 0 Å². The maximum absolute atomic E-state index is 11.1. The van der Waals surface area contributed by atoms with Crippen LogP contribution in [0.1, 0.15) is 80.1 Å². The molecule has 3 rings (SSSR count). The van der Waals surface area contributed by atoms with Gasteiger partial charge in [-0.1, -0.05) is 45.9 Å². The fourth-order valence-corrected chi connectivity index (χ4v) is 4.28. The summed E-state index contributed by atoms with van der Waals surface area (Å²) in [4.78, 5) is 11.1. The molecule has 0 fully saturated rings. The predicted octanol–water partition coefficient (Wildman–Crippen LogP) is 6.31. The Morgan fingerprint density at radius 3 is 2.27 bits per heavy atom. The van der Waals surface area contributed by atoms with Crippen molar-refractivity contribution in [1.82, 2.24) is 0 Å². The summed E-state index contributed by atoms with van der Waals surface area (Å²) in [6.45, 7) is 11.7. The maximum atomic E-state index is 11.1. The highest BCUT2D eigenvalue weighted by atomic mass is 16.5. The van der Waals surface area contributed by atoms with Crippen molar-refractivity contribution in [1.29, 1.82) is 0 Å². The third-order valence-corrected chi connectivity index (χ3v) is 6.17. The number of hydrogen-bond donors (Lipinski definition) is 1. The van der Waals surface area contributed by atoms with Crippen LogP contribution < -0.4 is 9.47 Å². The number of aromatic carboxylic acids is 1. The van der Waals surface area contributed by atoms with E-state index < -0.39 is 5.97 Å². The highest BCUT2D eigenvalue weighted by Crippen LogP contribution is 2.52. The zero-order chi connectivity index (χ0) is 22.1. The van der Waals surface area contributed by atoms with Gasteiger partial charge in [-0.05, 0) is 66.0 Å². The normalized spacial score (nSPS) is 16.9. The molecule has 1 aliphatic carbocycles. The monoisotopic (exact) mass is 408 g/mol. The first-order valence-corrected chi connectivity index (χ1v) is 10.5. The van der Waals surface area contributed by atoms with E-state index >= 15 is 0 Å². The summed E-state index contributed by atoms with van der Waals surface area (Å²) in [6, 6.07) is 9.00. The van der Waals surface area contributed by atoms with Crippen molar-refractivity contribution < 1.29 is 19.4 Å². The van der Waals surface area contributed by atoms with Crippen molar-refractivity contribution >= 4 is 18.1 Å². The fraction of sp³-hybridized carbons (Fsp3) is 0.423. The third kappa shape index (κ3) is 4.09. The van der Waals surface area contributed by atoms with Crippen LogP contribution in [-0.4, -0.2) is 24.8 Å². The zero-order valence-electron chi connectivity index (χ0n) is 18.8. The topological polar surface area (TPSA) is 55.8 Å². The van der Waals surface area contributed by atoms with Crippen LogP contribution in [0, 0.1) is 0 Å². The first-order valence-electron chi connectivity index (χ1n) is 10.5. The molecule has 0 amide bonds. The molecule has 0 aromatic heterocycles. The number of carboxylic acid groups (broad SMARTS) is 1. The molecule has 4 nitrogen and oxygen atoms in total. The van der Waals surface area contributed by atoms with E-state index in [4.69, 9.17) is 14.6 Å². The molecule has 0 bridgehead atoms. The molecule has 1 N–H and O–H groups in total. The Bertz CT molecular complexity index is 966. The van der Waals surface area contributed by atoms with Gasteiger partial charge >= 0.3 is 5.97 Å². The van der Waals surface area contributed by atoms with Crippen LogP contribution in [0.5, 0.6) is 11.5 Å². The number of benzene rings is 2. The second kappa shape index (κ2) is 8.17. The van der Waals surface area contributed by atoms with E-state index in [2.05, 4.69) is 33.8 Å². The van der Waals surface area contributed by atoms with Crippen molar-refractivity contribution in [3.8, 4) is 11.5 Å². The Balaban J connectivity index is 2.17. The highest BCUT2D eigenvalue weighted by Gasteiger charge is 2.41. The number of carboxylic acids is 1. The first-order chi connectivity index (χ1) is 14.1. The Labute approximate surface area is 179 Å². The smallest absolute Gasteiger partial charge is 0.335 e. The molecule has 1 aliphatic rings. The van der Waals surface area contributed by atoms with Gasteiger partial charge in [0, 0.05) is 5.56 Å². The second-order valence-electron chi connectivity index (χ2n) is 9.21. The molecular weight excluding hydrogens is 376 g/mol. The summed E-state index contributed by atoms with van der Waals surface area (Å²) in [5, 5.41) is 9.10. The molecule has 0 unspecified atom stereocenters. The van der Waals surface area contributed by atoms with E-state index in [9.17, 15) is 4.79 Å². The molecular formula is C26H32O4. The summed E-state index contributed by atoms with van der Waals surface area (Å²) in [6.07, 6.45) is 6.20. The van der Waals surface area contributed by atoms with Crippen molar-refractivity contribution in [3.63, 3.8) is 0 Å².